The Morgan fingerprint density at radius 1 is 1.44 bits per heavy atom. The van der Waals surface area contributed by atoms with Gasteiger partial charge in [-0.3, -0.25) is 14.9 Å². The Bertz CT molecular complexity index is 722. The Balaban J connectivity index is 2.65. The number of ether oxygens (including phenoxy) is 1. The van der Waals surface area contributed by atoms with Gasteiger partial charge in [0.25, 0.3) is 5.69 Å². The van der Waals surface area contributed by atoms with Crippen molar-refractivity contribution in [2.45, 2.75) is 30.7 Å². The third kappa shape index (κ3) is 7.03. The first-order valence-corrected chi connectivity index (χ1v) is 9.03. The van der Waals surface area contributed by atoms with Crippen LogP contribution in [0.1, 0.15) is 19.8 Å². The van der Waals surface area contributed by atoms with Crippen LogP contribution in [0.3, 0.4) is 0 Å². The number of nitro groups is 1. The van der Waals surface area contributed by atoms with E-state index in [1.165, 1.54) is 6.07 Å². The number of primary sulfonamides is 1. The number of methoxy groups -OCH3 is 1. The number of carbonyl (C=O) groups excluding carboxylic acids is 1. The molecule has 0 fully saturated rings. The average Bonchev–Trinajstić information content (AvgIpc) is 2.51. The molecule has 0 saturated carbocycles. The number of hydrogen-bond donors (Lipinski definition) is 3. The Morgan fingerprint density at radius 2 is 2.12 bits per heavy atom. The lowest BCUT2D eigenvalue weighted by atomic mass is 10.2. The zero-order valence-corrected chi connectivity index (χ0v) is 14.8. The van der Waals surface area contributed by atoms with Crippen LogP contribution in [0.4, 0.5) is 11.4 Å². The van der Waals surface area contributed by atoms with Gasteiger partial charge >= 0.3 is 0 Å². The van der Waals surface area contributed by atoms with Gasteiger partial charge in [0, 0.05) is 38.8 Å². The Kier molecular flexibility index (Phi) is 7.74. The van der Waals surface area contributed by atoms with Gasteiger partial charge in [-0.2, -0.15) is 0 Å². The molecule has 0 aliphatic heterocycles. The van der Waals surface area contributed by atoms with Crippen LogP contribution in [0.15, 0.2) is 23.1 Å². The monoisotopic (exact) mass is 374 g/mol. The molecular weight excluding hydrogens is 352 g/mol. The fourth-order valence-corrected chi connectivity index (χ4v) is 2.55. The van der Waals surface area contributed by atoms with E-state index in [1.807, 2.05) is 6.92 Å². The highest BCUT2D eigenvalue weighted by molar-refractivity contribution is 7.89. The predicted molar refractivity (Wildman–Crippen MR) is 91.7 cm³/mol. The molecule has 0 aliphatic rings. The lowest BCUT2D eigenvalue weighted by Crippen LogP contribution is -2.34. The highest BCUT2D eigenvalue weighted by atomic mass is 32.2. The maximum absolute atomic E-state index is 11.8. The summed E-state index contributed by atoms with van der Waals surface area (Å²) in [4.78, 5) is 21.8. The van der Waals surface area contributed by atoms with E-state index in [4.69, 9.17) is 9.88 Å². The second-order valence-corrected chi connectivity index (χ2v) is 6.97. The number of nitrogens with zero attached hydrogens (tertiary/aromatic N) is 1. The van der Waals surface area contributed by atoms with Crippen LogP contribution in [0.25, 0.3) is 0 Å². The van der Waals surface area contributed by atoms with E-state index in [9.17, 15) is 23.3 Å². The number of hydrogen-bond acceptors (Lipinski definition) is 7. The molecule has 0 saturated heterocycles. The molecule has 1 unspecified atom stereocenters. The number of sulfonamides is 1. The van der Waals surface area contributed by atoms with Gasteiger partial charge in [-0.25, -0.2) is 13.6 Å². The van der Waals surface area contributed by atoms with Crippen LogP contribution >= 0.6 is 0 Å². The van der Waals surface area contributed by atoms with Crippen LogP contribution in [-0.4, -0.2) is 45.6 Å². The number of nitro benzene ring substituents is 1. The Morgan fingerprint density at radius 3 is 2.68 bits per heavy atom. The normalized spacial score (nSPS) is 12.4. The summed E-state index contributed by atoms with van der Waals surface area (Å²) >= 11 is 0. The summed E-state index contributed by atoms with van der Waals surface area (Å²) in [6, 6.07) is 3.25. The minimum absolute atomic E-state index is 0.0455. The van der Waals surface area contributed by atoms with Crippen molar-refractivity contribution in [3.63, 3.8) is 0 Å². The van der Waals surface area contributed by atoms with Gasteiger partial charge in [0.2, 0.25) is 15.9 Å². The number of anilines is 1. The molecule has 1 aromatic carbocycles. The second kappa shape index (κ2) is 9.30. The molecule has 4 N–H and O–H groups in total. The smallest absolute Gasteiger partial charge is 0.293 e. The average molecular weight is 374 g/mol. The molecular formula is C14H22N4O6S. The van der Waals surface area contributed by atoms with Crippen molar-refractivity contribution in [2.75, 3.05) is 25.6 Å². The van der Waals surface area contributed by atoms with Crippen molar-refractivity contribution in [2.24, 2.45) is 5.14 Å². The summed E-state index contributed by atoms with van der Waals surface area (Å²) in [5.74, 6) is -0.208. The fraction of sp³-hybridized carbons (Fsp3) is 0.500. The van der Waals surface area contributed by atoms with Crippen LogP contribution in [0.2, 0.25) is 0 Å². The van der Waals surface area contributed by atoms with Crippen molar-refractivity contribution < 1.29 is 22.9 Å². The summed E-state index contributed by atoms with van der Waals surface area (Å²) in [5, 5.41) is 21.6. The minimum Gasteiger partial charge on any atom is -0.385 e. The van der Waals surface area contributed by atoms with E-state index in [0.29, 0.717) is 13.0 Å². The molecule has 0 radical (unpaired) electrons. The van der Waals surface area contributed by atoms with Gasteiger partial charge in [-0.15, -0.1) is 0 Å². The minimum atomic E-state index is -4.04. The number of benzene rings is 1. The number of nitrogens with one attached hydrogen (secondary N) is 2. The fourth-order valence-electron chi connectivity index (χ4n) is 2.01. The van der Waals surface area contributed by atoms with Crippen LogP contribution in [0, 0.1) is 10.1 Å². The lowest BCUT2D eigenvalue weighted by molar-refractivity contribution is -0.384. The molecule has 1 atom stereocenters. The van der Waals surface area contributed by atoms with E-state index in [-0.39, 0.29) is 35.5 Å². The zero-order valence-electron chi connectivity index (χ0n) is 14.0. The topological polar surface area (TPSA) is 154 Å². The molecule has 1 amide bonds. The first kappa shape index (κ1) is 20.8. The van der Waals surface area contributed by atoms with Crippen molar-refractivity contribution in [1.29, 1.82) is 0 Å². The van der Waals surface area contributed by atoms with Crippen LogP contribution in [0.5, 0.6) is 0 Å². The van der Waals surface area contributed by atoms with Crippen LogP contribution in [-0.2, 0) is 19.6 Å². The highest BCUT2D eigenvalue weighted by Crippen LogP contribution is 2.27. The standard InChI is InChI=1S/C14H22N4O6S/c1-10(6-8-24-2)17-14(19)5-7-16-12-4-3-11(25(15,22)23)9-13(12)18(20)21/h3-4,9-10,16H,5-8H2,1-2H3,(H,17,19)(H2,15,22,23). The third-order valence-electron chi connectivity index (χ3n) is 3.32. The van der Waals surface area contributed by atoms with Gasteiger partial charge in [0.1, 0.15) is 5.69 Å². The zero-order chi connectivity index (χ0) is 19.0. The molecule has 0 aromatic heterocycles. The summed E-state index contributed by atoms with van der Waals surface area (Å²) in [7, 11) is -2.46. The molecule has 10 nitrogen and oxygen atoms in total. The number of rotatable bonds is 10. The van der Waals surface area contributed by atoms with Gasteiger partial charge < -0.3 is 15.4 Å². The van der Waals surface area contributed by atoms with Crippen LogP contribution < -0.4 is 15.8 Å². The van der Waals surface area contributed by atoms with Crippen molar-refractivity contribution in [3.05, 3.63) is 28.3 Å². The summed E-state index contributed by atoms with van der Waals surface area (Å²) < 4.78 is 27.5. The van der Waals surface area contributed by atoms with E-state index in [1.54, 1.807) is 7.11 Å². The van der Waals surface area contributed by atoms with E-state index in [2.05, 4.69) is 10.6 Å². The summed E-state index contributed by atoms with van der Waals surface area (Å²) in [5.41, 5.74) is -0.321. The van der Waals surface area contributed by atoms with Crippen molar-refractivity contribution in [1.82, 2.24) is 5.32 Å². The molecule has 0 heterocycles. The molecule has 0 spiro atoms. The van der Waals surface area contributed by atoms with Crippen molar-refractivity contribution >= 4 is 27.3 Å². The second-order valence-electron chi connectivity index (χ2n) is 5.41. The van der Waals surface area contributed by atoms with Crippen molar-refractivity contribution in [3.8, 4) is 0 Å². The summed E-state index contributed by atoms with van der Waals surface area (Å²) in [6.45, 7) is 2.53. The van der Waals surface area contributed by atoms with E-state index in [0.717, 1.165) is 12.1 Å². The van der Waals surface area contributed by atoms with E-state index >= 15 is 0 Å². The molecule has 0 bridgehead atoms. The molecule has 25 heavy (non-hydrogen) atoms. The maximum atomic E-state index is 11.8. The first-order valence-electron chi connectivity index (χ1n) is 7.48. The van der Waals surface area contributed by atoms with Gasteiger partial charge in [0.15, 0.2) is 0 Å². The maximum Gasteiger partial charge on any atom is 0.293 e. The molecule has 1 rings (SSSR count). The Labute approximate surface area is 145 Å². The van der Waals surface area contributed by atoms with Gasteiger partial charge in [0.05, 0.1) is 9.82 Å². The molecule has 140 valence electrons. The number of carbonyl (C=O) groups is 1. The summed E-state index contributed by atoms with van der Waals surface area (Å²) in [6.07, 6.45) is 0.779. The number of nitrogens with two attached hydrogens (primary N) is 1. The highest BCUT2D eigenvalue weighted by Gasteiger charge is 2.19. The Hall–Kier alpha value is -2.24. The predicted octanol–water partition coefficient (Wildman–Crippen LogP) is 0.585. The molecule has 1 aromatic rings. The first-order chi connectivity index (χ1) is 11.6. The van der Waals surface area contributed by atoms with Gasteiger partial charge in [-0.1, -0.05) is 0 Å². The van der Waals surface area contributed by atoms with E-state index < -0.39 is 20.6 Å². The lowest BCUT2D eigenvalue weighted by Gasteiger charge is -2.13. The largest absolute Gasteiger partial charge is 0.385 e. The number of amides is 1. The van der Waals surface area contributed by atoms with Gasteiger partial charge in [-0.05, 0) is 25.5 Å². The quantitative estimate of drug-likeness (QED) is 0.400. The third-order valence-corrected chi connectivity index (χ3v) is 4.24. The molecule has 0 aliphatic carbocycles. The SMILES string of the molecule is COCCC(C)NC(=O)CCNc1ccc(S(N)(=O)=O)cc1[N+](=O)[O-]. The molecule has 11 heteroatoms.